The Balaban J connectivity index is 3.96. The van der Waals surface area contributed by atoms with Crippen LogP contribution in [-0.2, 0) is 14.3 Å². The van der Waals surface area contributed by atoms with Crippen LogP contribution in [0.15, 0.2) is 34.9 Å². The number of ether oxygens (including phenoxy) is 1. The van der Waals surface area contributed by atoms with Crippen LogP contribution < -0.4 is 0 Å². The fourth-order valence-electron chi connectivity index (χ4n) is 2.28. The molecule has 0 N–H and O–H groups in total. The molecule has 0 rings (SSSR count). The molecule has 0 aromatic carbocycles. The zero-order chi connectivity index (χ0) is 18.4. The van der Waals surface area contributed by atoms with Crippen molar-refractivity contribution in [2.24, 2.45) is 0 Å². The average molecular weight is 335 g/mol. The van der Waals surface area contributed by atoms with Gasteiger partial charge in [0.1, 0.15) is 12.2 Å². The molecule has 0 fully saturated rings. The van der Waals surface area contributed by atoms with E-state index in [1.165, 1.54) is 16.7 Å². The molecule has 0 aliphatic heterocycles. The monoisotopic (exact) mass is 334 g/mol. The summed E-state index contributed by atoms with van der Waals surface area (Å²) in [7, 11) is 0. The number of esters is 1. The summed E-state index contributed by atoms with van der Waals surface area (Å²) in [6.45, 7) is 10.6. The minimum absolute atomic E-state index is 0.0486. The third-order valence-electron chi connectivity index (χ3n) is 3.69. The van der Waals surface area contributed by atoms with Gasteiger partial charge in [0.2, 0.25) is 0 Å². The van der Waals surface area contributed by atoms with E-state index in [0.717, 1.165) is 25.7 Å². The summed E-state index contributed by atoms with van der Waals surface area (Å²) in [4.78, 5) is 22.8. The van der Waals surface area contributed by atoms with E-state index >= 15 is 0 Å². The van der Waals surface area contributed by atoms with E-state index in [2.05, 4.69) is 45.9 Å². The molecule has 0 aromatic rings. The van der Waals surface area contributed by atoms with E-state index < -0.39 is 5.97 Å². The zero-order valence-corrected chi connectivity index (χ0v) is 16.1. The minimum atomic E-state index is -0.420. The summed E-state index contributed by atoms with van der Waals surface area (Å²) in [5.41, 5.74) is 4.11. The van der Waals surface area contributed by atoms with Crippen LogP contribution in [0.5, 0.6) is 0 Å². The van der Waals surface area contributed by atoms with Gasteiger partial charge in [0, 0.05) is 6.42 Å². The van der Waals surface area contributed by atoms with Crippen molar-refractivity contribution in [1.29, 1.82) is 0 Å². The Morgan fingerprint density at radius 3 is 1.79 bits per heavy atom. The molecule has 0 bridgehead atoms. The molecule has 0 atom stereocenters. The van der Waals surface area contributed by atoms with Gasteiger partial charge in [-0.25, -0.2) is 0 Å². The molecule has 0 aromatic heterocycles. The van der Waals surface area contributed by atoms with Gasteiger partial charge in [-0.1, -0.05) is 34.9 Å². The van der Waals surface area contributed by atoms with Crippen molar-refractivity contribution < 1.29 is 14.3 Å². The van der Waals surface area contributed by atoms with Crippen LogP contribution in [0.1, 0.15) is 79.6 Å². The summed E-state index contributed by atoms with van der Waals surface area (Å²) in [6, 6.07) is 0. The zero-order valence-electron chi connectivity index (χ0n) is 16.1. The first kappa shape index (κ1) is 22.4. The lowest BCUT2D eigenvalue weighted by molar-refractivity contribution is -0.145. The predicted molar refractivity (Wildman–Crippen MR) is 101 cm³/mol. The standard InChI is InChI=1S/C21H34O3/c1-6-24-21(23)16-20(22)15-9-14-19(5)13-8-12-18(4)11-7-10-17(2)3/h10,12,14H,6-9,11,13,15-16H2,1-5H3/b18-12+,19-14+. The summed E-state index contributed by atoms with van der Waals surface area (Å²) in [5, 5.41) is 0. The van der Waals surface area contributed by atoms with Crippen molar-refractivity contribution in [2.75, 3.05) is 6.61 Å². The first-order chi connectivity index (χ1) is 11.3. The largest absolute Gasteiger partial charge is 0.466 e. The van der Waals surface area contributed by atoms with Crippen LogP contribution in [0.2, 0.25) is 0 Å². The maximum Gasteiger partial charge on any atom is 0.313 e. The van der Waals surface area contributed by atoms with Crippen LogP contribution in [0, 0.1) is 0 Å². The van der Waals surface area contributed by atoms with Crippen molar-refractivity contribution in [3.63, 3.8) is 0 Å². The Morgan fingerprint density at radius 1 is 0.792 bits per heavy atom. The van der Waals surface area contributed by atoms with Gasteiger partial charge in [0.25, 0.3) is 0 Å². The second-order valence-corrected chi connectivity index (χ2v) is 6.52. The first-order valence-corrected chi connectivity index (χ1v) is 8.97. The van der Waals surface area contributed by atoms with E-state index in [0.29, 0.717) is 19.4 Å². The van der Waals surface area contributed by atoms with Crippen molar-refractivity contribution in [3.8, 4) is 0 Å². The van der Waals surface area contributed by atoms with Gasteiger partial charge in [0.15, 0.2) is 0 Å². The smallest absolute Gasteiger partial charge is 0.313 e. The van der Waals surface area contributed by atoms with Gasteiger partial charge in [-0.05, 0) is 66.7 Å². The van der Waals surface area contributed by atoms with Crippen molar-refractivity contribution in [3.05, 3.63) is 34.9 Å². The average Bonchev–Trinajstić information content (AvgIpc) is 2.46. The Bertz CT molecular complexity index is 477. The Hall–Kier alpha value is -1.64. The van der Waals surface area contributed by atoms with E-state index in [4.69, 9.17) is 4.74 Å². The summed E-state index contributed by atoms with van der Waals surface area (Å²) in [6.07, 6.45) is 12.0. The summed E-state index contributed by atoms with van der Waals surface area (Å²) in [5.74, 6) is -0.468. The second kappa shape index (κ2) is 13.8. The van der Waals surface area contributed by atoms with Gasteiger partial charge in [-0.2, -0.15) is 0 Å². The highest BCUT2D eigenvalue weighted by atomic mass is 16.5. The van der Waals surface area contributed by atoms with Crippen molar-refractivity contribution in [1.82, 2.24) is 0 Å². The fourth-order valence-corrected chi connectivity index (χ4v) is 2.28. The van der Waals surface area contributed by atoms with Gasteiger partial charge < -0.3 is 4.74 Å². The quantitative estimate of drug-likeness (QED) is 0.261. The van der Waals surface area contributed by atoms with Gasteiger partial charge in [0.05, 0.1) is 6.61 Å². The number of carbonyl (C=O) groups is 2. The molecule has 0 radical (unpaired) electrons. The number of Topliss-reactive ketones (excluding diaryl/α,β-unsaturated/α-hetero) is 1. The van der Waals surface area contributed by atoms with Crippen molar-refractivity contribution >= 4 is 11.8 Å². The maximum atomic E-state index is 11.6. The summed E-state index contributed by atoms with van der Waals surface area (Å²) >= 11 is 0. The molecule has 0 spiro atoms. The van der Waals surface area contributed by atoms with E-state index in [-0.39, 0.29) is 12.2 Å². The van der Waals surface area contributed by atoms with Gasteiger partial charge in [-0.3, -0.25) is 9.59 Å². The highest BCUT2D eigenvalue weighted by Crippen LogP contribution is 2.12. The third-order valence-corrected chi connectivity index (χ3v) is 3.69. The normalized spacial score (nSPS) is 12.0. The molecule has 0 saturated heterocycles. The number of ketones is 1. The number of hydrogen-bond acceptors (Lipinski definition) is 3. The molecular weight excluding hydrogens is 300 g/mol. The van der Waals surface area contributed by atoms with E-state index in [9.17, 15) is 9.59 Å². The maximum absolute atomic E-state index is 11.6. The lowest BCUT2D eigenvalue weighted by Gasteiger charge is -2.02. The van der Waals surface area contributed by atoms with Crippen LogP contribution in [0.3, 0.4) is 0 Å². The van der Waals surface area contributed by atoms with E-state index in [1.807, 2.05) is 0 Å². The van der Waals surface area contributed by atoms with Crippen LogP contribution in [0.4, 0.5) is 0 Å². The number of carbonyl (C=O) groups excluding carboxylic acids is 2. The highest BCUT2D eigenvalue weighted by molar-refractivity contribution is 5.95. The lowest BCUT2D eigenvalue weighted by Crippen LogP contribution is -2.10. The van der Waals surface area contributed by atoms with Crippen LogP contribution >= 0.6 is 0 Å². The molecular formula is C21H34O3. The molecule has 136 valence electrons. The predicted octanol–water partition coefficient (Wildman–Crippen LogP) is 5.71. The molecule has 0 unspecified atom stereocenters. The molecule has 0 aliphatic carbocycles. The Kier molecular flexibility index (Phi) is 12.8. The fraction of sp³-hybridized carbons (Fsp3) is 0.619. The minimum Gasteiger partial charge on any atom is -0.466 e. The Morgan fingerprint density at radius 2 is 1.29 bits per heavy atom. The topological polar surface area (TPSA) is 43.4 Å². The molecule has 0 amide bonds. The first-order valence-electron chi connectivity index (χ1n) is 8.97. The lowest BCUT2D eigenvalue weighted by atomic mass is 10.0. The van der Waals surface area contributed by atoms with Crippen molar-refractivity contribution in [2.45, 2.75) is 79.6 Å². The number of hydrogen-bond donors (Lipinski definition) is 0. The molecule has 3 nitrogen and oxygen atoms in total. The summed E-state index contributed by atoms with van der Waals surface area (Å²) < 4.78 is 4.77. The SMILES string of the molecule is CCOC(=O)CC(=O)CC/C=C(\C)CC/C=C(\C)CCC=C(C)C. The molecule has 0 saturated carbocycles. The van der Waals surface area contributed by atoms with E-state index in [1.54, 1.807) is 6.92 Å². The number of allylic oxidation sites excluding steroid dienone is 6. The van der Waals surface area contributed by atoms with Crippen LogP contribution in [0.25, 0.3) is 0 Å². The highest BCUT2D eigenvalue weighted by Gasteiger charge is 2.09. The molecule has 24 heavy (non-hydrogen) atoms. The van der Waals surface area contributed by atoms with Gasteiger partial charge in [-0.15, -0.1) is 0 Å². The Labute approximate surface area is 147 Å². The van der Waals surface area contributed by atoms with Crippen LogP contribution in [-0.4, -0.2) is 18.4 Å². The molecule has 0 aliphatic rings. The molecule has 0 heterocycles. The molecule has 3 heteroatoms. The van der Waals surface area contributed by atoms with Gasteiger partial charge >= 0.3 is 5.97 Å². The number of rotatable bonds is 12. The third kappa shape index (κ3) is 14.0. The second-order valence-electron chi connectivity index (χ2n) is 6.52.